The third-order valence-electron chi connectivity index (χ3n) is 5.71. The number of hydrogen-bond donors (Lipinski definition) is 1. The predicted molar refractivity (Wildman–Crippen MR) is 122 cm³/mol. The van der Waals surface area contributed by atoms with E-state index in [1.807, 2.05) is 33.2 Å². The first-order valence-electron chi connectivity index (χ1n) is 10.8. The Kier molecular flexibility index (Phi) is 7.69. The summed E-state index contributed by atoms with van der Waals surface area (Å²) < 4.78 is 13.2. The molecule has 1 N–H and O–H groups in total. The zero-order chi connectivity index (χ0) is 21.5. The summed E-state index contributed by atoms with van der Waals surface area (Å²) in [5.74, 6) is -0.0983. The average molecular weight is 413 g/mol. The number of piperazine rings is 1. The van der Waals surface area contributed by atoms with Gasteiger partial charge in [-0.25, -0.2) is 4.39 Å². The van der Waals surface area contributed by atoms with Crippen LogP contribution in [0.5, 0.6) is 0 Å². The van der Waals surface area contributed by atoms with Gasteiger partial charge in [0.25, 0.3) is 0 Å². The molecule has 0 radical (unpaired) electrons. The second kappa shape index (κ2) is 10.4. The van der Waals surface area contributed by atoms with E-state index in [4.69, 9.17) is 0 Å². The van der Waals surface area contributed by atoms with Gasteiger partial charge in [0, 0.05) is 64.6 Å². The molecule has 1 aliphatic heterocycles. The van der Waals surface area contributed by atoms with Gasteiger partial charge in [0.15, 0.2) is 0 Å². The van der Waals surface area contributed by atoms with E-state index in [1.165, 1.54) is 17.7 Å². The minimum Gasteiger partial charge on any atom is -0.378 e. The average Bonchev–Trinajstić information content (AvgIpc) is 2.75. The molecule has 1 aliphatic rings. The molecule has 2 aromatic carbocycles. The van der Waals surface area contributed by atoms with E-state index in [1.54, 1.807) is 0 Å². The smallest absolute Gasteiger partial charge is 0.220 e. The lowest BCUT2D eigenvalue weighted by Crippen LogP contribution is -2.50. The summed E-state index contributed by atoms with van der Waals surface area (Å²) in [6.07, 6.45) is 1.41. The minimum absolute atomic E-state index is 0.109. The Morgan fingerprint density at radius 2 is 1.67 bits per heavy atom. The molecular formula is C24H33FN4O. The number of carbonyl (C=O) groups is 1. The number of benzene rings is 2. The van der Waals surface area contributed by atoms with Crippen molar-refractivity contribution in [3.05, 3.63) is 59.9 Å². The number of rotatable bonds is 8. The Bertz CT molecular complexity index is 799. The highest BCUT2D eigenvalue weighted by atomic mass is 19.1. The van der Waals surface area contributed by atoms with E-state index in [-0.39, 0.29) is 17.8 Å². The standard InChI is InChI=1S/C24H33FN4O/c1-4-5-24(30)26-18-23(19-6-10-21(11-7-19)27(2)3)29-16-14-28(15-17-29)22-12-8-20(25)9-13-22/h6-13,23H,4-5,14-18H2,1-3H3,(H,26,30)/t23-/m1/s1. The van der Waals surface area contributed by atoms with Crippen molar-refractivity contribution in [2.45, 2.75) is 25.8 Å². The van der Waals surface area contributed by atoms with E-state index in [0.717, 1.165) is 44.0 Å². The molecule has 1 heterocycles. The molecule has 0 aliphatic carbocycles. The molecule has 2 aromatic rings. The van der Waals surface area contributed by atoms with Crippen molar-refractivity contribution in [3.8, 4) is 0 Å². The van der Waals surface area contributed by atoms with Crippen LogP contribution in [0.25, 0.3) is 0 Å². The summed E-state index contributed by atoms with van der Waals surface area (Å²) in [6, 6.07) is 15.4. The second-order valence-electron chi connectivity index (χ2n) is 8.06. The van der Waals surface area contributed by atoms with Crippen molar-refractivity contribution < 1.29 is 9.18 Å². The molecule has 162 valence electrons. The lowest BCUT2D eigenvalue weighted by Gasteiger charge is -2.40. The van der Waals surface area contributed by atoms with Crippen LogP contribution in [-0.2, 0) is 4.79 Å². The van der Waals surface area contributed by atoms with Crippen LogP contribution in [0.4, 0.5) is 15.8 Å². The summed E-state index contributed by atoms with van der Waals surface area (Å²) in [7, 11) is 4.07. The first-order chi connectivity index (χ1) is 14.5. The molecule has 0 aromatic heterocycles. The van der Waals surface area contributed by atoms with Crippen molar-refractivity contribution in [2.24, 2.45) is 0 Å². The van der Waals surface area contributed by atoms with Crippen LogP contribution in [0.2, 0.25) is 0 Å². The van der Waals surface area contributed by atoms with Crippen LogP contribution in [0, 0.1) is 5.82 Å². The molecule has 1 saturated heterocycles. The Labute approximate surface area is 179 Å². The zero-order valence-corrected chi connectivity index (χ0v) is 18.3. The van der Waals surface area contributed by atoms with Crippen molar-refractivity contribution in [1.29, 1.82) is 0 Å². The van der Waals surface area contributed by atoms with Crippen LogP contribution in [0.1, 0.15) is 31.4 Å². The van der Waals surface area contributed by atoms with Gasteiger partial charge >= 0.3 is 0 Å². The molecule has 1 amide bonds. The molecular weight excluding hydrogens is 379 g/mol. The summed E-state index contributed by atoms with van der Waals surface area (Å²) in [6.45, 7) is 6.16. The monoisotopic (exact) mass is 412 g/mol. The number of amides is 1. The fraction of sp³-hybridized carbons (Fsp3) is 0.458. The van der Waals surface area contributed by atoms with Crippen LogP contribution in [0.15, 0.2) is 48.5 Å². The van der Waals surface area contributed by atoms with Crippen molar-refractivity contribution in [1.82, 2.24) is 10.2 Å². The Morgan fingerprint density at radius 1 is 1.03 bits per heavy atom. The summed E-state index contributed by atoms with van der Waals surface area (Å²) in [4.78, 5) is 18.9. The van der Waals surface area contributed by atoms with E-state index < -0.39 is 0 Å². The Hall–Kier alpha value is -2.60. The number of nitrogens with one attached hydrogen (secondary N) is 1. The van der Waals surface area contributed by atoms with Gasteiger partial charge in [-0.15, -0.1) is 0 Å². The van der Waals surface area contributed by atoms with Gasteiger partial charge in [-0.1, -0.05) is 19.1 Å². The quantitative estimate of drug-likeness (QED) is 0.718. The highest BCUT2D eigenvalue weighted by Crippen LogP contribution is 2.26. The zero-order valence-electron chi connectivity index (χ0n) is 18.3. The van der Waals surface area contributed by atoms with Crippen molar-refractivity contribution in [2.75, 3.05) is 56.6 Å². The topological polar surface area (TPSA) is 38.8 Å². The summed E-state index contributed by atoms with van der Waals surface area (Å²) >= 11 is 0. The van der Waals surface area contributed by atoms with Crippen molar-refractivity contribution in [3.63, 3.8) is 0 Å². The van der Waals surface area contributed by atoms with E-state index >= 15 is 0 Å². The maximum Gasteiger partial charge on any atom is 0.220 e. The highest BCUT2D eigenvalue weighted by Gasteiger charge is 2.25. The number of hydrogen-bond acceptors (Lipinski definition) is 4. The predicted octanol–water partition coefficient (Wildman–Crippen LogP) is 3.67. The maximum atomic E-state index is 13.2. The number of anilines is 2. The highest BCUT2D eigenvalue weighted by molar-refractivity contribution is 5.75. The van der Waals surface area contributed by atoms with Gasteiger partial charge in [-0.2, -0.15) is 0 Å². The van der Waals surface area contributed by atoms with Crippen LogP contribution in [0.3, 0.4) is 0 Å². The summed E-state index contributed by atoms with van der Waals surface area (Å²) in [5.41, 5.74) is 3.43. The second-order valence-corrected chi connectivity index (χ2v) is 8.06. The third kappa shape index (κ3) is 5.72. The Morgan fingerprint density at radius 3 is 2.23 bits per heavy atom. The first kappa shape index (κ1) is 22.1. The van der Waals surface area contributed by atoms with Gasteiger partial charge in [-0.3, -0.25) is 9.69 Å². The molecule has 0 bridgehead atoms. The first-order valence-corrected chi connectivity index (χ1v) is 10.8. The fourth-order valence-electron chi connectivity index (χ4n) is 3.92. The van der Waals surface area contributed by atoms with E-state index in [9.17, 15) is 9.18 Å². The van der Waals surface area contributed by atoms with Gasteiger partial charge < -0.3 is 15.1 Å². The van der Waals surface area contributed by atoms with Crippen LogP contribution >= 0.6 is 0 Å². The fourth-order valence-corrected chi connectivity index (χ4v) is 3.92. The molecule has 5 nitrogen and oxygen atoms in total. The molecule has 3 rings (SSSR count). The lowest BCUT2D eigenvalue weighted by molar-refractivity contribution is -0.121. The van der Waals surface area contributed by atoms with Crippen molar-refractivity contribution >= 4 is 17.3 Å². The molecule has 0 spiro atoms. The minimum atomic E-state index is -0.207. The van der Waals surface area contributed by atoms with Gasteiger partial charge in [0.1, 0.15) is 5.82 Å². The molecule has 0 unspecified atom stereocenters. The molecule has 1 atom stereocenters. The summed E-state index contributed by atoms with van der Waals surface area (Å²) in [5, 5.41) is 3.12. The number of carbonyl (C=O) groups excluding carboxylic acids is 1. The normalized spacial score (nSPS) is 15.7. The third-order valence-corrected chi connectivity index (χ3v) is 5.71. The van der Waals surface area contributed by atoms with Gasteiger partial charge in [-0.05, 0) is 48.4 Å². The van der Waals surface area contributed by atoms with E-state index in [2.05, 4.69) is 44.3 Å². The van der Waals surface area contributed by atoms with Crippen LogP contribution < -0.4 is 15.1 Å². The molecule has 1 fully saturated rings. The molecule has 0 saturated carbocycles. The SMILES string of the molecule is CCCC(=O)NC[C@H](c1ccc(N(C)C)cc1)N1CCN(c2ccc(F)cc2)CC1. The van der Waals surface area contributed by atoms with E-state index in [0.29, 0.717) is 13.0 Å². The van der Waals surface area contributed by atoms with Crippen LogP contribution in [-0.4, -0.2) is 57.6 Å². The number of nitrogens with zero attached hydrogens (tertiary/aromatic N) is 3. The Balaban J connectivity index is 1.70. The van der Waals surface area contributed by atoms with Gasteiger partial charge in [0.2, 0.25) is 5.91 Å². The number of halogens is 1. The van der Waals surface area contributed by atoms with Gasteiger partial charge in [0.05, 0.1) is 6.04 Å². The lowest BCUT2D eigenvalue weighted by atomic mass is 10.0. The largest absolute Gasteiger partial charge is 0.378 e. The molecule has 30 heavy (non-hydrogen) atoms. The molecule has 6 heteroatoms. The maximum absolute atomic E-state index is 13.2.